The van der Waals surface area contributed by atoms with Crippen LogP contribution in [0.4, 0.5) is 17.3 Å². The van der Waals surface area contributed by atoms with Crippen LogP contribution < -0.4 is 15.5 Å². The topological polar surface area (TPSA) is 92.3 Å². The van der Waals surface area contributed by atoms with Gasteiger partial charge in [-0.05, 0) is 51.8 Å². The molecule has 0 bridgehead atoms. The molecule has 1 aliphatic heterocycles. The Morgan fingerprint density at radius 2 is 1.94 bits per heavy atom. The second kappa shape index (κ2) is 10.4. The second-order valence-electron chi connectivity index (χ2n) is 8.47. The Balaban J connectivity index is 1.74. The molecule has 0 spiro atoms. The number of ether oxygens (including phenoxy) is 1. The molecular formula is C25H30N6O2. The van der Waals surface area contributed by atoms with Crippen molar-refractivity contribution >= 4 is 34.0 Å². The van der Waals surface area contributed by atoms with Gasteiger partial charge in [-0.2, -0.15) is 0 Å². The van der Waals surface area contributed by atoms with Crippen LogP contribution in [0.2, 0.25) is 0 Å². The van der Waals surface area contributed by atoms with Crippen molar-refractivity contribution in [2.45, 2.75) is 45.7 Å². The highest BCUT2D eigenvalue weighted by molar-refractivity contribution is 5.97. The van der Waals surface area contributed by atoms with Gasteiger partial charge in [0.1, 0.15) is 11.6 Å². The van der Waals surface area contributed by atoms with Crippen LogP contribution in [0.5, 0.6) is 0 Å². The van der Waals surface area contributed by atoms with E-state index < -0.39 is 0 Å². The summed E-state index contributed by atoms with van der Waals surface area (Å²) in [6.07, 6.45) is 10.8. The fourth-order valence-electron chi connectivity index (χ4n) is 3.78. The molecule has 0 atom stereocenters. The van der Waals surface area contributed by atoms with Crippen LogP contribution in [0.1, 0.15) is 33.6 Å². The quantitative estimate of drug-likeness (QED) is 0.526. The van der Waals surface area contributed by atoms with Crippen LogP contribution in [-0.4, -0.2) is 46.2 Å². The minimum Gasteiger partial charge on any atom is -0.381 e. The highest BCUT2D eigenvalue weighted by atomic mass is 16.5. The van der Waals surface area contributed by atoms with Gasteiger partial charge in [0.25, 0.3) is 0 Å². The molecule has 1 amide bonds. The maximum absolute atomic E-state index is 12.7. The van der Waals surface area contributed by atoms with Crippen molar-refractivity contribution < 1.29 is 9.53 Å². The van der Waals surface area contributed by atoms with Crippen molar-refractivity contribution in [1.29, 1.82) is 0 Å². The van der Waals surface area contributed by atoms with Gasteiger partial charge >= 0.3 is 0 Å². The van der Waals surface area contributed by atoms with E-state index in [1.54, 1.807) is 25.5 Å². The number of pyridine rings is 3. The highest BCUT2D eigenvalue weighted by Crippen LogP contribution is 2.32. The molecule has 2 N–H and O–H groups in total. The van der Waals surface area contributed by atoms with E-state index in [1.807, 2.05) is 55.4 Å². The Labute approximate surface area is 194 Å². The molecule has 0 unspecified atom stereocenters. The number of fused-ring (bicyclic) bond motifs is 1. The lowest BCUT2D eigenvalue weighted by Gasteiger charge is -2.25. The number of hydrogen-bond donors (Lipinski definition) is 2. The number of carbonyl (C=O) groups is 1. The van der Waals surface area contributed by atoms with Gasteiger partial charge in [-0.3, -0.25) is 9.78 Å². The lowest BCUT2D eigenvalue weighted by atomic mass is 10.1. The van der Waals surface area contributed by atoms with E-state index in [0.29, 0.717) is 11.6 Å². The first-order valence-electron chi connectivity index (χ1n) is 11.3. The van der Waals surface area contributed by atoms with E-state index in [9.17, 15) is 4.79 Å². The molecule has 4 heterocycles. The zero-order chi connectivity index (χ0) is 23.2. The predicted molar refractivity (Wildman–Crippen MR) is 130 cm³/mol. The van der Waals surface area contributed by atoms with Crippen molar-refractivity contribution in [2.75, 3.05) is 23.4 Å². The van der Waals surface area contributed by atoms with Crippen molar-refractivity contribution in [3.63, 3.8) is 0 Å². The van der Waals surface area contributed by atoms with Crippen LogP contribution in [-0.2, 0) is 9.53 Å². The van der Waals surface area contributed by atoms with Crippen molar-refractivity contribution in [3.8, 4) is 0 Å². The Hall–Kier alpha value is -3.52. The first-order valence-corrected chi connectivity index (χ1v) is 11.3. The second-order valence-corrected chi connectivity index (χ2v) is 8.47. The van der Waals surface area contributed by atoms with Crippen LogP contribution in [0.15, 0.2) is 60.8 Å². The maximum Gasteiger partial charge on any atom is 0.248 e. The number of nitrogens with one attached hydrogen (secondary N) is 2. The van der Waals surface area contributed by atoms with Gasteiger partial charge in [-0.25, -0.2) is 9.97 Å². The number of aromatic nitrogens is 3. The largest absolute Gasteiger partial charge is 0.381 e. The molecule has 0 aliphatic carbocycles. The van der Waals surface area contributed by atoms with E-state index in [4.69, 9.17) is 4.74 Å². The van der Waals surface area contributed by atoms with Gasteiger partial charge in [0.2, 0.25) is 5.91 Å². The summed E-state index contributed by atoms with van der Waals surface area (Å²) in [7, 11) is 0. The van der Waals surface area contributed by atoms with Gasteiger partial charge in [0, 0.05) is 78.7 Å². The number of anilines is 3. The SMILES string of the molecule is C/C(=C/N(c1ccnc(NC2CCOCC2)c1)c1nccc2cnccc12)C(=O)NC(C)C. The molecule has 4 rings (SSSR count). The standard InChI is InChI=1S/C25H30N6O2/c1-17(2)29-25(32)18(3)16-31(24-22-6-9-26-15-19(22)4-10-28-24)21-5-11-27-23(14-21)30-20-7-12-33-13-8-20/h4-6,9-11,14-17,20H,7-8,12-13H2,1-3H3,(H,27,30)(H,29,32)/b18-16-. The normalized spacial score (nSPS) is 15.0. The Morgan fingerprint density at radius 1 is 1.15 bits per heavy atom. The summed E-state index contributed by atoms with van der Waals surface area (Å²) in [4.78, 5) is 28.0. The molecule has 0 radical (unpaired) electrons. The molecule has 0 aromatic carbocycles. The van der Waals surface area contributed by atoms with Crippen LogP contribution in [0, 0.1) is 0 Å². The number of hydrogen-bond acceptors (Lipinski definition) is 7. The van der Waals surface area contributed by atoms with Gasteiger partial charge in [-0.1, -0.05) is 0 Å². The monoisotopic (exact) mass is 446 g/mol. The third-order valence-corrected chi connectivity index (χ3v) is 5.47. The van der Waals surface area contributed by atoms with Gasteiger partial charge in [0.05, 0.1) is 5.69 Å². The van der Waals surface area contributed by atoms with Crippen molar-refractivity contribution in [1.82, 2.24) is 20.3 Å². The number of nitrogens with zero attached hydrogens (tertiary/aromatic N) is 4. The summed E-state index contributed by atoms with van der Waals surface area (Å²) in [5.74, 6) is 1.38. The summed E-state index contributed by atoms with van der Waals surface area (Å²) in [6, 6.07) is 8.14. The fraction of sp³-hybridized carbons (Fsp3) is 0.360. The van der Waals surface area contributed by atoms with Crippen LogP contribution in [0.25, 0.3) is 10.8 Å². The molecular weight excluding hydrogens is 416 g/mol. The lowest BCUT2D eigenvalue weighted by Crippen LogP contribution is -2.31. The number of amides is 1. The smallest absolute Gasteiger partial charge is 0.248 e. The predicted octanol–water partition coefficient (Wildman–Crippen LogP) is 4.18. The number of carbonyl (C=O) groups excluding carboxylic acids is 1. The number of rotatable bonds is 7. The lowest BCUT2D eigenvalue weighted by molar-refractivity contribution is -0.117. The molecule has 1 aliphatic rings. The Morgan fingerprint density at radius 3 is 2.73 bits per heavy atom. The van der Waals surface area contributed by atoms with Crippen molar-refractivity contribution in [3.05, 3.63) is 60.8 Å². The van der Waals surface area contributed by atoms with Crippen LogP contribution >= 0.6 is 0 Å². The average Bonchev–Trinajstić information content (AvgIpc) is 2.82. The van der Waals surface area contributed by atoms with E-state index in [0.717, 1.165) is 54.2 Å². The van der Waals surface area contributed by atoms with Crippen LogP contribution in [0.3, 0.4) is 0 Å². The van der Waals surface area contributed by atoms with Gasteiger partial charge < -0.3 is 20.3 Å². The Bertz CT molecular complexity index is 1140. The third kappa shape index (κ3) is 5.64. The first-order chi connectivity index (χ1) is 16.0. The fourth-order valence-corrected chi connectivity index (χ4v) is 3.78. The molecule has 33 heavy (non-hydrogen) atoms. The molecule has 3 aromatic heterocycles. The summed E-state index contributed by atoms with van der Waals surface area (Å²) >= 11 is 0. The highest BCUT2D eigenvalue weighted by Gasteiger charge is 2.18. The summed E-state index contributed by atoms with van der Waals surface area (Å²) in [6.45, 7) is 7.20. The molecule has 8 heteroatoms. The van der Waals surface area contributed by atoms with E-state index >= 15 is 0 Å². The summed E-state index contributed by atoms with van der Waals surface area (Å²) in [5.41, 5.74) is 1.43. The molecule has 1 saturated heterocycles. The molecule has 8 nitrogen and oxygen atoms in total. The van der Waals surface area contributed by atoms with Crippen molar-refractivity contribution in [2.24, 2.45) is 0 Å². The van der Waals surface area contributed by atoms with E-state index in [-0.39, 0.29) is 11.9 Å². The zero-order valence-corrected chi connectivity index (χ0v) is 19.3. The first kappa shape index (κ1) is 22.7. The summed E-state index contributed by atoms with van der Waals surface area (Å²) < 4.78 is 5.46. The molecule has 3 aromatic rings. The minimum atomic E-state index is -0.119. The van der Waals surface area contributed by atoms with Gasteiger partial charge in [0.15, 0.2) is 0 Å². The minimum absolute atomic E-state index is 0.0484. The molecule has 1 fully saturated rings. The third-order valence-electron chi connectivity index (χ3n) is 5.47. The van der Waals surface area contributed by atoms with E-state index in [1.165, 1.54) is 0 Å². The molecule has 172 valence electrons. The molecule has 0 saturated carbocycles. The van der Waals surface area contributed by atoms with Gasteiger partial charge in [-0.15, -0.1) is 0 Å². The zero-order valence-electron chi connectivity index (χ0n) is 19.3. The maximum atomic E-state index is 12.7. The summed E-state index contributed by atoms with van der Waals surface area (Å²) in [5, 5.41) is 8.38. The Kier molecular flexibility index (Phi) is 7.14. The van der Waals surface area contributed by atoms with E-state index in [2.05, 4.69) is 25.6 Å². The average molecular weight is 447 g/mol.